The minimum atomic E-state index is -4.23. The van der Waals surface area contributed by atoms with Crippen molar-refractivity contribution in [2.45, 2.75) is 115 Å². The minimum Gasteiger partial charge on any atom is -0.497 e. The lowest BCUT2D eigenvalue weighted by Crippen LogP contribution is -2.51. The molecule has 0 bridgehead atoms. The summed E-state index contributed by atoms with van der Waals surface area (Å²) < 4.78 is 34.0. The van der Waals surface area contributed by atoms with Gasteiger partial charge in [-0.25, -0.2) is 13.9 Å². The Labute approximate surface area is 314 Å². The Morgan fingerprint density at radius 2 is 1.30 bits per heavy atom. The smallest absolute Gasteiger partial charge is 0.262 e. The van der Waals surface area contributed by atoms with Gasteiger partial charge in [-0.1, -0.05) is 36.3 Å². The lowest BCUT2D eigenvalue weighted by molar-refractivity contribution is -0.134. The van der Waals surface area contributed by atoms with Crippen molar-refractivity contribution in [2.75, 3.05) is 26.7 Å². The van der Waals surface area contributed by atoms with Crippen LogP contribution >= 0.6 is 0 Å². The largest absolute Gasteiger partial charge is 0.497 e. The number of benzene rings is 2. The predicted octanol–water partition coefficient (Wildman–Crippen LogP) is 4.98. The average Bonchev–Trinajstić information content (AvgIpc) is 3.13. The Kier molecular flexibility index (Phi) is 17.6. The van der Waals surface area contributed by atoms with Crippen molar-refractivity contribution < 1.29 is 28.0 Å². The molecule has 5 N–H and O–H groups in total. The summed E-state index contributed by atoms with van der Waals surface area (Å²) in [5.74, 6) is -1.000. The number of hydrogen-bond donors (Lipinski definition) is 5. The molecule has 0 radical (unpaired) electrons. The number of rotatable bonds is 24. The van der Waals surface area contributed by atoms with Gasteiger partial charge in [-0.3, -0.25) is 14.8 Å². The molecule has 0 aliphatic carbocycles. The van der Waals surface area contributed by atoms with E-state index in [1.54, 1.807) is 57.4 Å². The second-order valence-electron chi connectivity index (χ2n) is 14.9. The summed E-state index contributed by atoms with van der Waals surface area (Å²) in [4.78, 5) is 48.1. The fourth-order valence-corrected chi connectivity index (χ4v) is 7.38. The first kappa shape index (κ1) is 45.3. The van der Waals surface area contributed by atoms with Crippen LogP contribution in [0.3, 0.4) is 0 Å². The molecule has 3 unspecified atom stereocenters. The first-order chi connectivity index (χ1) is 24.8. The third-order valence-electron chi connectivity index (χ3n) is 10.1. The maximum atomic E-state index is 13.9. The van der Waals surface area contributed by atoms with E-state index in [9.17, 15) is 33.0 Å². The third kappa shape index (κ3) is 13.2. The van der Waals surface area contributed by atoms with Crippen LogP contribution < -0.4 is 26.2 Å². The van der Waals surface area contributed by atoms with Crippen molar-refractivity contribution in [1.29, 1.82) is 0 Å². The number of methoxy groups -OCH3 is 1. The maximum Gasteiger partial charge on any atom is 0.262 e. The molecule has 2 aromatic carbocycles. The number of carbonyl (C=O) groups excluding carboxylic acids is 2. The van der Waals surface area contributed by atoms with Crippen LogP contribution in [0.1, 0.15) is 90.6 Å². The molecular weight excluding hydrogens is 703 g/mol. The van der Waals surface area contributed by atoms with Crippen molar-refractivity contribution in [3.05, 3.63) is 69.5 Å². The zero-order chi connectivity index (χ0) is 40.0. The molecule has 0 heterocycles. The van der Waals surface area contributed by atoms with Gasteiger partial charge < -0.3 is 20.7 Å². The number of hydrogen-bond acceptors (Lipinski definition) is 12. The highest BCUT2D eigenvalue weighted by Gasteiger charge is 2.38. The van der Waals surface area contributed by atoms with Crippen LogP contribution in [0.4, 0.5) is 0 Å². The molecule has 296 valence electrons. The molecule has 0 spiro atoms. The Hall–Kier alpha value is -3.83. The monoisotopic (exact) mass is 761 g/mol. The molecule has 15 nitrogen and oxygen atoms in total. The number of ether oxygens (including phenoxy) is 1. The first-order valence-electron chi connectivity index (χ1n) is 18.0. The second-order valence-corrected chi connectivity index (χ2v) is 16.8. The van der Waals surface area contributed by atoms with Gasteiger partial charge in [0.15, 0.2) is 0 Å². The van der Waals surface area contributed by atoms with Crippen LogP contribution in [-0.2, 0) is 21.4 Å². The van der Waals surface area contributed by atoms with Crippen LogP contribution in [0, 0.1) is 21.6 Å². The van der Waals surface area contributed by atoms with E-state index < -0.39 is 51.1 Å². The van der Waals surface area contributed by atoms with Crippen molar-refractivity contribution in [2.24, 2.45) is 22.2 Å². The van der Waals surface area contributed by atoms with Gasteiger partial charge in [0, 0.05) is 29.7 Å². The number of carbonyl (C=O) groups is 2. The lowest BCUT2D eigenvalue weighted by atomic mass is 9.92. The Morgan fingerprint density at radius 1 is 0.811 bits per heavy atom. The highest BCUT2D eigenvalue weighted by Crippen LogP contribution is 2.27. The number of sulfonamides is 1. The molecule has 0 fully saturated rings. The van der Waals surface area contributed by atoms with E-state index in [2.05, 4.69) is 26.3 Å². The molecule has 16 heteroatoms. The number of nitrogens with zero attached hydrogens (tertiary/aromatic N) is 3. The molecule has 2 amide bonds. The SMILES string of the molecule is COc1ccc(S(=O)(=O)N(Cc2ccc(C(=O)NCCC(CCNC(C)(C)C(C)N=O)CCNC(C)(C)C(C)N=O)cc2)C(C(=O)NO)C(C)C)cc1. The van der Waals surface area contributed by atoms with Crippen molar-refractivity contribution in [3.63, 3.8) is 0 Å². The zero-order valence-corrected chi connectivity index (χ0v) is 33.3. The minimum absolute atomic E-state index is 0.0527. The van der Waals surface area contributed by atoms with E-state index in [0.717, 1.165) is 17.1 Å². The van der Waals surface area contributed by atoms with Crippen LogP contribution in [0.15, 0.2) is 63.8 Å². The molecule has 0 aromatic heterocycles. The molecule has 0 aliphatic heterocycles. The summed E-state index contributed by atoms with van der Waals surface area (Å²) >= 11 is 0. The topological polar surface area (TPSA) is 208 Å². The molecular formula is C37H59N7O8S. The average molecular weight is 762 g/mol. The molecule has 0 saturated heterocycles. The van der Waals surface area contributed by atoms with Crippen molar-refractivity contribution in [3.8, 4) is 5.75 Å². The Morgan fingerprint density at radius 3 is 1.74 bits per heavy atom. The Balaban J connectivity index is 2.17. The molecule has 53 heavy (non-hydrogen) atoms. The highest BCUT2D eigenvalue weighted by atomic mass is 32.2. The number of nitrogens with one attached hydrogen (secondary N) is 4. The molecule has 0 saturated carbocycles. The normalized spacial score (nSPS) is 14.6. The van der Waals surface area contributed by atoms with E-state index in [1.807, 2.05) is 27.7 Å². The number of amides is 2. The van der Waals surface area contributed by atoms with Crippen molar-refractivity contribution in [1.82, 2.24) is 25.7 Å². The number of hydroxylamine groups is 1. The summed E-state index contributed by atoms with van der Waals surface area (Å²) in [6.07, 6.45) is 2.24. The van der Waals surface area contributed by atoms with Gasteiger partial charge in [-0.15, -0.1) is 0 Å². The van der Waals surface area contributed by atoms with Gasteiger partial charge in [-0.2, -0.15) is 14.1 Å². The standard InChI is InChI=1S/C37H59N7O8S/c1-25(2)33(35(46)43-49)44(53(50,51)32-16-14-31(52-9)15-17-32)24-29-10-12-30(13-11-29)34(45)38-21-18-28(19-22-39-36(5,6)26(3)41-47)20-23-40-37(7,8)27(4)42-48/h10-17,25-28,33,39-40,49H,18-24H2,1-9H3,(H,38,45)(H,43,46). The van der Waals surface area contributed by atoms with Gasteiger partial charge in [-0.05, 0) is 128 Å². The number of nitroso groups, excluding NO2 is 2. The summed E-state index contributed by atoms with van der Waals surface area (Å²) in [5.41, 5.74) is 1.55. The highest BCUT2D eigenvalue weighted by molar-refractivity contribution is 7.89. The van der Waals surface area contributed by atoms with E-state index in [1.165, 1.54) is 31.4 Å². The first-order valence-corrected chi connectivity index (χ1v) is 19.4. The molecule has 3 atom stereocenters. The van der Waals surface area contributed by atoms with E-state index >= 15 is 0 Å². The van der Waals surface area contributed by atoms with Gasteiger partial charge >= 0.3 is 0 Å². The maximum absolute atomic E-state index is 13.9. The fraction of sp³-hybridized carbons (Fsp3) is 0.622. The van der Waals surface area contributed by atoms with E-state index in [-0.39, 0.29) is 23.3 Å². The summed E-state index contributed by atoms with van der Waals surface area (Å²) in [5, 5.41) is 25.6. The second kappa shape index (κ2) is 20.6. The quantitative estimate of drug-likeness (QED) is 0.0551. The lowest BCUT2D eigenvalue weighted by Gasteiger charge is -2.32. The summed E-state index contributed by atoms with van der Waals surface area (Å²) in [6.45, 7) is 16.1. The van der Waals surface area contributed by atoms with E-state index in [0.29, 0.717) is 42.9 Å². The van der Waals surface area contributed by atoms with Crippen LogP contribution in [-0.4, -0.2) is 85.7 Å². The van der Waals surface area contributed by atoms with Gasteiger partial charge in [0.25, 0.3) is 11.8 Å². The van der Waals surface area contributed by atoms with Gasteiger partial charge in [0.05, 0.1) is 12.0 Å². The van der Waals surface area contributed by atoms with Crippen LogP contribution in [0.5, 0.6) is 5.75 Å². The summed E-state index contributed by atoms with van der Waals surface area (Å²) in [7, 11) is -2.77. The molecule has 0 aliphatic rings. The third-order valence-corrected chi connectivity index (χ3v) is 11.9. The van der Waals surface area contributed by atoms with Gasteiger partial charge in [0.1, 0.15) is 23.9 Å². The Bertz CT molecular complexity index is 1550. The molecule has 2 aromatic rings. The van der Waals surface area contributed by atoms with E-state index in [4.69, 9.17) is 4.74 Å². The fourth-order valence-electron chi connectivity index (χ4n) is 5.67. The van der Waals surface area contributed by atoms with Crippen LogP contribution in [0.25, 0.3) is 0 Å². The predicted molar refractivity (Wildman–Crippen MR) is 205 cm³/mol. The zero-order valence-electron chi connectivity index (χ0n) is 32.5. The summed E-state index contributed by atoms with van der Waals surface area (Å²) in [6, 6.07) is 10.2. The van der Waals surface area contributed by atoms with Gasteiger partial charge in [0.2, 0.25) is 10.0 Å². The van der Waals surface area contributed by atoms with Crippen molar-refractivity contribution >= 4 is 21.8 Å². The van der Waals surface area contributed by atoms with Crippen LogP contribution in [0.2, 0.25) is 0 Å². The molecule has 2 rings (SSSR count).